The monoisotopic (exact) mass is 300 g/mol. The molecule has 0 saturated heterocycles. The Morgan fingerprint density at radius 2 is 2.00 bits per heavy atom. The molecule has 5 nitrogen and oxygen atoms in total. The molecule has 1 aromatic carbocycles. The third-order valence-corrected chi connectivity index (χ3v) is 3.47. The molecule has 0 aliphatic carbocycles. The number of nitrogens with two attached hydrogens (primary N) is 1. The summed E-state index contributed by atoms with van der Waals surface area (Å²) in [5.74, 6) is -0.133. The molecule has 0 aliphatic heterocycles. The summed E-state index contributed by atoms with van der Waals surface area (Å²) in [6.45, 7) is 7.44. The molecular weight excluding hydrogens is 280 g/mol. The number of benzene rings is 1. The molecule has 0 fully saturated rings. The first-order valence-corrected chi connectivity index (χ1v) is 6.90. The van der Waals surface area contributed by atoms with E-state index in [9.17, 15) is 4.79 Å². The van der Waals surface area contributed by atoms with Crippen LogP contribution in [0.25, 0.3) is 0 Å². The van der Waals surface area contributed by atoms with Crippen molar-refractivity contribution in [3.05, 3.63) is 22.7 Å². The molecule has 0 heterocycles. The largest absolute Gasteiger partial charge is 0.496 e. The number of carbonyl (C=O) groups is 1. The number of nitrogen functional groups attached to an aromatic ring is 1. The van der Waals surface area contributed by atoms with E-state index in [0.29, 0.717) is 16.5 Å². The number of esters is 1. The molecule has 0 aromatic heterocycles. The molecular formula is C14H21ClN2O3. The maximum absolute atomic E-state index is 12.2. The van der Waals surface area contributed by atoms with Crippen LogP contribution in [0.4, 0.5) is 5.69 Å². The second-order valence-corrected chi connectivity index (χ2v) is 4.71. The number of nitrogens with zero attached hydrogens (tertiary/aromatic N) is 1. The Balaban J connectivity index is 2.95. The fourth-order valence-corrected chi connectivity index (χ4v) is 2.09. The number of anilines is 1. The molecule has 1 rings (SSSR count). The molecule has 0 amide bonds. The maximum atomic E-state index is 12.2. The van der Waals surface area contributed by atoms with Crippen molar-refractivity contribution in [2.24, 2.45) is 0 Å². The first-order valence-electron chi connectivity index (χ1n) is 6.52. The Hall–Kier alpha value is -1.46. The highest BCUT2D eigenvalue weighted by Gasteiger charge is 2.20. The van der Waals surface area contributed by atoms with Crippen molar-refractivity contribution in [2.75, 3.05) is 25.9 Å². The van der Waals surface area contributed by atoms with Crippen LogP contribution in [0.3, 0.4) is 0 Å². The van der Waals surface area contributed by atoms with Crippen LogP contribution < -0.4 is 10.5 Å². The second kappa shape index (κ2) is 7.36. The molecule has 20 heavy (non-hydrogen) atoms. The summed E-state index contributed by atoms with van der Waals surface area (Å²) < 4.78 is 10.6. The number of rotatable bonds is 6. The van der Waals surface area contributed by atoms with Gasteiger partial charge in [-0.2, -0.15) is 0 Å². The Kier molecular flexibility index (Phi) is 6.10. The van der Waals surface area contributed by atoms with E-state index < -0.39 is 5.97 Å². The van der Waals surface area contributed by atoms with Gasteiger partial charge in [-0.05, 0) is 26.1 Å². The van der Waals surface area contributed by atoms with Gasteiger partial charge in [0.1, 0.15) is 11.3 Å². The fourth-order valence-electron chi connectivity index (χ4n) is 1.93. The molecule has 1 atom stereocenters. The van der Waals surface area contributed by atoms with Crippen molar-refractivity contribution in [1.82, 2.24) is 4.90 Å². The highest BCUT2D eigenvalue weighted by atomic mass is 35.5. The summed E-state index contributed by atoms with van der Waals surface area (Å²) in [6, 6.07) is 2.98. The first-order chi connectivity index (χ1) is 9.44. The molecule has 0 saturated carbocycles. The minimum atomic E-state index is -0.483. The van der Waals surface area contributed by atoms with Crippen LogP contribution in [0.5, 0.6) is 5.75 Å². The van der Waals surface area contributed by atoms with Gasteiger partial charge >= 0.3 is 5.97 Å². The van der Waals surface area contributed by atoms with Gasteiger partial charge in [0.25, 0.3) is 0 Å². The van der Waals surface area contributed by atoms with E-state index in [2.05, 4.69) is 0 Å². The summed E-state index contributed by atoms with van der Waals surface area (Å²) in [5, 5.41) is 0.299. The highest BCUT2D eigenvalue weighted by molar-refractivity contribution is 6.33. The molecule has 1 unspecified atom stereocenters. The van der Waals surface area contributed by atoms with Crippen molar-refractivity contribution in [1.29, 1.82) is 0 Å². The summed E-state index contributed by atoms with van der Waals surface area (Å²) in [6.07, 6.45) is -0.321. The standard InChI is InChI=1S/C14H21ClN2O3/c1-5-17(6-2)9(3)20-14(18)10-7-11(15)12(16)8-13(10)19-4/h7-9H,5-6,16H2,1-4H3. The molecule has 2 N–H and O–H groups in total. The van der Waals surface area contributed by atoms with Crippen molar-refractivity contribution in [3.8, 4) is 5.75 Å². The van der Waals surface area contributed by atoms with Gasteiger partial charge in [-0.25, -0.2) is 4.79 Å². The van der Waals surface area contributed by atoms with Gasteiger partial charge < -0.3 is 15.2 Å². The molecule has 6 heteroatoms. The zero-order valence-corrected chi connectivity index (χ0v) is 13.0. The molecule has 0 aliphatic rings. The van der Waals surface area contributed by atoms with Crippen LogP contribution in [-0.2, 0) is 4.74 Å². The smallest absolute Gasteiger partial charge is 0.343 e. The highest BCUT2D eigenvalue weighted by Crippen LogP contribution is 2.29. The molecule has 1 aromatic rings. The topological polar surface area (TPSA) is 64.8 Å². The Morgan fingerprint density at radius 1 is 1.40 bits per heavy atom. The summed E-state index contributed by atoms with van der Waals surface area (Å²) in [4.78, 5) is 14.2. The van der Waals surface area contributed by atoms with Gasteiger partial charge in [0.05, 0.1) is 17.8 Å². The average Bonchev–Trinajstić information content (AvgIpc) is 2.42. The van der Waals surface area contributed by atoms with Crippen LogP contribution in [0.1, 0.15) is 31.1 Å². The lowest BCUT2D eigenvalue weighted by molar-refractivity contribution is -0.0199. The van der Waals surface area contributed by atoms with Crippen molar-refractivity contribution >= 4 is 23.3 Å². The number of ether oxygens (including phenoxy) is 2. The lowest BCUT2D eigenvalue weighted by Gasteiger charge is -2.26. The van der Waals surface area contributed by atoms with E-state index in [1.54, 1.807) is 0 Å². The second-order valence-electron chi connectivity index (χ2n) is 4.30. The SMILES string of the molecule is CCN(CC)C(C)OC(=O)c1cc(Cl)c(N)cc1OC. The van der Waals surface area contributed by atoms with Gasteiger partial charge in [0.2, 0.25) is 0 Å². The fraction of sp³-hybridized carbons (Fsp3) is 0.500. The zero-order valence-electron chi connectivity index (χ0n) is 12.3. The number of halogens is 1. The molecule has 112 valence electrons. The lowest BCUT2D eigenvalue weighted by Crippen LogP contribution is -2.36. The molecule has 0 radical (unpaired) electrons. The predicted molar refractivity (Wildman–Crippen MR) is 80.2 cm³/mol. The number of carbonyl (C=O) groups excluding carboxylic acids is 1. The van der Waals surface area contributed by atoms with Gasteiger partial charge in [-0.1, -0.05) is 25.4 Å². The first kappa shape index (κ1) is 16.6. The third kappa shape index (κ3) is 3.77. The van der Waals surface area contributed by atoms with Crippen molar-refractivity contribution < 1.29 is 14.3 Å². The quantitative estimate of drug-likeness (QED) is 0.497. The summed E-state index contributed by atoms with van der Waals surface area (Å²) in [5.41, 5.74) is 6.31. The van der Waals surface area contributed by atoms with Crippen LogP contribution in [0.15, 0.2) is 12.1 Å². The third-order valence-electron chi connectivity index (χ3n) is 3.14. The lowest BCUT2D eigenvalue weighted by atomic mass is 10.2. The van der Waals surface area contributed by atoms with E-state index >= 15 is 0 Å². The van der Waals surface area contributed by atoms with E-state index in [0.717, 1.165) is 13.1 Å². The van der Waals surface area contributed by atoms with Crippen molar-refractivity contribution in [3.63, 3.8) is 0 Å². The van der Waals surface area contributed by atoms with Gasteiger partial charge in [-0.15, -0.1) is 0 Å². The predicted octanol–water partition coefficient (Wildman–Crippen LogP) is 2.78. The maximum Gasteiger partial charge on any atom is 0.343 e. The van der Waals surface area contributed by atoms with Crippen LogP contribution in [0, 0.1) is 0 Å². The van der Waals surface area contributed by atoms with Gasteiger partial charge in [0.15, 0.2) is 6.23 Å². The van der Waals surface area contributed by atoms with E-state index in [1.807, 2.05) is 25.7 Å². The average molecular weight is 301 g/mol. The zero-order chi connectivity index (χ0) is 15.3. The molecule has 0 bridgehead atoms. The van der Waals surface area contributed by atoms with E-state index in [4.69, 9.17) is 26.8 Å². The van der Waals surface area contributed by atoms with Crippen LogP contribution >= 0.6 is 11.6 Å². The van der Waals surface area contributed by atoms with Crippen LogP contribution in [-0.4, -0.2) is 37.3 Å². The summed E-state index contributed by atoms with van der Waals surface area (Å²) in [7, 11) is 1.47. The number of hydrogen-bond acceptors (Lipinski definition) is 5. The van der Waals surface area contributed by atoms with Gasteiger partial charge in [0, 0.05) is 6.07 Å². The Labute approximate surface area is 124 Å². The normalized spacial score (nSPS) is 12.3. The van der Waals surface area contributed by atoms with Crippen LogP contribution in [0.2, 0.25) is 5.02 Å². The minimum Gasteiger partial charge on any atom is -0.496 e. The Morgan fingerprint density at radius 3 is 2.50 bits per heavy atom. The van der Waals surface area contributed by atoms with Gasteiger partial charge in [-0.3, -0.25) is 4.90 Å². The number of methoxy groups -OCH3 is 1. The van der Waals surface area contributed by atoms with Crippen molar-refractivity contribution in [2.45, 2.75) is 27.0 Å². The Bertz CT molecular complexity index is 476. The summed E-state index contributed by atoms with van der Waals surface area (Å²) >= 11 is 5.94. The van der Waals surface area contributed by atoms with E-state index in [1.165, 1.54) is 19.2 Å². The minimum absolute atomic E-state index is 0.269. The van der Waals surface area contributed by atoms with E-state index in [-0.39, 0.29) is 11.8 Å². The number of hydrogen-bond donors (Lipinski definition) is 1. The molecule has 0 spiro atoms.